The molecule has 0 saturated heterocycles. The van der Waals surface area contributed by atoms with Gasteiger partial charge in [0.05, 0.1) is 6.21 Å². The van der Waals surface area contributed by atoms with Gasteiger partial charge in [-0.15, -0.1) is 0 Å². The summed E-state index contributed by atoms with van der Waals surface area (Å²) in [6.45, 7) is 9.95. The van der Waals surface area contributed by atoms with Gasteiger partial charge in [0.2, 0.25) is 0 Å². The first-order valence-corrected chi connectivity index (χ1v) is 7.51. The molecule has 2 aromatic rings. The van der Waals surface area contributed by atoms with E-state index >= 15 is 0 Å². The fourth-order valence-electron chi connectivity index (χ4n) is 2.18. The van der Waals surface area contributed by atoms with Gasteiger partial charge in [0.1, 0.15) is 5.76 Å². The van der Waals surface area contributed by atoms with Crippen LogP contribution in [0.2, 0.25) is 0 Å². The van der Waals surface area contributed by atoms with Gasteiger partial charge in [-0.3, -0.25) is 9.99 Å². The number of aryl methyl sites for hydroxylation is 2. The summed E-state index contributed by atoms with van der Waals surface area (Å²) in [4.78, 5) is 0. The summed E-state index contributed by atoms with van der Waals surface area (Å²) in [5, 5.41) is 11.8. The van der Waals surface area contributed by atoms with Crippen LogP contribution < -0.4 is 10.7 Å². The Kier molecular flexibility index (Phi) is 4.97. The Morgan fingerprint density at radius 1 is 1.36 bits per heavy atom. The molecule has 2 N–H and O–H groups in total. The van der Waals surface area contributed by atoms with Crippen molar-refractivity contribution in [2.45, 2.75) is 40.7 Å². The first-order valence-electron chi connectivity index (χ1n) is 7.10. The maximum atomic E-state index is 5.15. The maximum Gasteiger partial charge on any atom is 0.187 e. The minimum Gasteiger partial charge on any atom is -0.360 e. The summed E-state index contributed by atoms with van der Waals surface area (Å²) in [6, 6.07) is 4.22. The molecule has 0 saturated carbocycles. The molecule has 0 atom stereocenters. The van der Waals surface area contributed by atoms with Crippen molar-refractivity contribution in [3.8, 4) is 5.82 Å². The highest BCUT2D eigenvalue weighted by Gasteiger charge is 2.12. The molecule has 6 nitrogen and oxygen atoms in total. The third-order valence-electron chi connectivity index (χ3n) is 3.10. The van der Waals surface area contributed by atoms with Crippen LogP contribution >= 0.6 is 12.2 Å². The lowest BCUT2D eigenvalue weighted by molar-refractivity contribution is 0.394. The summed E-state index contributed by atoms with van der Waals surface area (Å²) in [5.41, 5.74) is 5.91. The second-order valence-electron chi connectivity index (χ2n) is 5.46. The van der Waals surface area contributed by atoms with E-state index in [-0.39, 0.29) is 6.04 Å². The van der Waals surface area contributed by atoms with Gasteiger partial charge in [0.25, 0.3) is 0 Å². The minimum atomic E-state index is 0.274. The highest BCUT2D eigenvalue weighted by Crippen LogP contribution is 2.19. The van der Waals surface area contributed by atoms with Gasteiger partial charge in [-0.05, 0) is 52.9 Å². The number of rotatable bonds is 4. The number of hydrogen-bond donors (Lipinski definition) is 2. The van der Waals surface area contributed by atoms with Crippen LogP contribution in [-0.2, 0) is 0 Å². The van der Waals surface area contributed by atoms with Gasteiger partial charge >= 0.3 is 0 Å². The number of thiocarbonyl (C=S) groups is 1. The average molecular weight is 319 g/mol. The molecule has 0 aliphatic carbocycles. The summed E-state index contributed by atoms with van der Waals surface area (Å²) in [6.07, 6.45) is 1.75. The zero-order valence-corrected chi connectivity index (χ0v) is 14.3. The molecule has 2 aromatic heterocycles. The Morgan fingerprint density at radius 3 is 2.68 bits per heavy atom. The Hall–Kier alpha value is -2.15. The van der Waals surface area contributed by atoms with Crippen molar-refractivity contribution in [2.75, 3.05) is 0 Å². The number of nitrogens with zero attached hydrogens (tertiary/aromatic N) is 3. The van der Waals surface area contributed by atoms with Crippen LogP contribution in [0.15, 0.2) is 21.8 Å². The topological polar surface area (TPSA) is 67.4 Å². The van der Waals surface area contributed by atoms with Crippen molar-refractivity contribution in [1.82, 2.24) is 20.5 Å². The van der Waals surface area contributed by atoms with Crippen LogP contribution in [0, 0.1) is 20.8 Å². The summed E-state index contributed by atoms with van der Waals surface area (Å²) >= 11 is 5.13. The minimum absolute atomic E-state index is 0.274. The lowest BCUT2D eigenvalue weighted by Crippen LogP contribution is -2.36. The number of hydrazone groups is 1. The molecule has 0 aliphatic rings. The molecule has 0 aromatic carbocycles. The molecule has 0 fully saturated rings. The van der Waals surface area contributed by atoms with Crippen molar-refractivity contribution >= 4 is 23.5 Å². The maximum absolute atomic E-state index is 5.15. The number of nitrogens with one attached hydrogen (secondary N) is 2. The smallest absolute Gasteiger partial charge is 0.187 e. The Bertz CT molecular complexity index is 699. The summed E-state index contributed by atoms with van der Waals surface area (Å²) in [7, 11) is 0. The predicted molar refractivity (Wildman–Crippen MR) is 91.6 cm³/mol. The van der Waals surface area contributed by atoms with Crippen LogP contribution in [0.4, 0.5) is 0 Å². The van der Waals surface area contributed by atoms with Crippen LogP contribution in [0.1, 0.15) is 36.6 Å². The molecule has 0 aliphatic heterocycles. The standard InChI is InChI=1S/C15H21N5OS/c1-9(2)17-15(22)18-16-8-13-6-10(3)20(12(13)5)14-7-11(4)21-19-14/h6-9H,1-5H3,(H2,17,18,22)/b16-8-. The van der Waals surface area contributed by atoms with Gasteiger partial charge in [-0.1, -0.05) is 5.16 Å². The second-order valence-corrected chi connectivity index (χ2v) is 5.86. The molecule has 7 heteroatoms. The lowest BCUT2D eigenvalue weighted by Gasteiger charge is -2.09. The van der Waals surface area contributed by atoms with Crippen molar-refractivity contribution in [1.29, 1.82) is 0 Å². The van der Waals surface area contributed by atoms with E-state index in [4.69, 9.17) is 16.7 Å². The highest BCUT2D eigenvalue weighted by molar-refractivity contribution is 7.80. The monoisotopic (exact) mass is 319 g/mol. The molecule has 0 spiro atoms. The van der Waals surface area contributed by atoms with Crippen molar-refractivity contribution in [2.24, 2.45) is 5.10 Å². The normalized spacial score (nSPS) is 11.4. The van der Waals surface area contributed by atoms with E-state index in [2.05, 4.69) is 21.0 Å². The molecule has 2 rings (SSSR count). The van der Waals surface area contributed by atoms with E-state index in [0.29, 0.717) is 5.11 Å². The first-order chi connectivity index (χ1) is 10.4. The fourth-order valence-corrected chi connectivity index (χ4v) is 2.47. The van der Waals surface area contributed by atoms with Gasteiger partial charge < -0.3 is 9.84 Å². The molecule has 0 unspecified atom stereocenters. The molecule has 0 amide bonds. The van der Waals surface area contributed by atoms with Crippen molar-refractivity contribution in [3.63, 3.8) is 0 Å². The molecule has 0 bridgehead atoms. The van der Waals surface area contributed by atoms with E-state index in [1.165, 1.54) is 0 Å². The molecule has 118 valence electrons. The van der Waals surface area contributed by atoms with Crippen molar-refractivity contribution in [3.05, 3.63) is 34.8 Å². The predicted octanol–water partition coefficient (Wildman–Crippen LogP) is 2.60. The highest BCUT2D eigenvalue weighted by atomic mass is 32.1. The third kappa shape index (κ3) is 3.73. The van der Waals surface area contributed by atoms with Crippen LogP contribution in [0.5, 0.6) is 0 Å². The first kappa shape index (κ1) is 16.2. The van der Waals surface area contributed by atoms with E-state index in [9.17, 15) is 0 Å². The Balaban J connectivity index is 2.15. The van der Waals surface area contributed by atoms with E-state index in [1.807, 2.05) is 51.3 Å². The van der Waals surface area contributed by atoms with Gasteiger partial charge in [-0.2, -0.15) is 5.10 Å². The number of aromatic nitrogens is 2. The average Bonchev–Trinajstić information content (AvgIpc) is 2.93. The molecule has 22 heavy (non-hydrogen) atoms. The molecular formula is C15H21N5OS. The van der Waals surface area contributed by atoms with Crippen LogP contribution in [-0.4, -0.2) is 27.1 Å². The molecular weight excluding hydrogens is 298 g/mol. The van der Waals surface area contributed by atoms with Crippen LogP contribution in [0.3, 0.4) is 0 Å². The Labute approximate surface area is 135 Å². The number of hydrogen-bond acceptors (Lipinski definition) is 4. The van der Waals surface area contributed by atoms with E-state index in [1.54, 1.807) is 6.21 Å². The zero-order valence-electron chi connectivity index (χ0n) is 13.5. The van der Waals surface area contributed by atoms with Gasteiger partial charge in [-0.25, -0.2) is 0 Å². The zero-order chi connectivity index (χ0) is 16.3. The fraction of sp³-hybridized carbons (Fsp3) is 0.400. The molecule has 2 heterocycles. The second kappa shape index (κ2) is 6.74. The Morgan fingerprint density at radius 2 is 2.09 bits per heavy atom. The molecule has 0 radical (unpaired) electrons. The van der Waals surface area contributed by atoms with Crippen molar-refractivity contribution < 1.29 is 4.52 Å². The van der Waals surface area contributed by atoms with E-state index < -0.39 is 0 Å². The summed E-state index contributed by atoms with van der Waals surface area (Å²) < 4.78 is 7.18. The largest absolute Gasteiger partial charge is 0.360 e. The summed E-state index contributed by atoms with van der Waals surface area (Å²) in [5.74, 6) is 1.56. The third-order valence-corrected chi connectivity index (χ3v) is 3.31. The van der Waals surface area contributed by atoms with Gasteiger partial charge in [0.15, 0.2) is 10.9 Å². The van der Waals surface area contributed by atoms with Crippen LogP contribution in [0.25, 0.3) is 5.82 Å². The van der Waals surface area contributed by atoms with Gasteiger partial charge in [0, 0.05) is 29.1 Å². The lowest BCUT2D eigenvalue weighted by atomic mass is 10.3. The quantitative estimate of drug-likeness (QED) is 0.515. The van der Waals surface area contributed by atoms with E-state index in [0.717, 1.165) is 28.5 Å². The SMILES string of the molecule is Cc1cc(-n2c(C)cc(/C=N\NC(=S)NC(C)C)c2C)no1.